The van der Waals surface area contributed by atoms with Crippen LogP contribution in [0.25, 0.3) is 0 Å². The standard InChI is InChI=1S/C7H14N4O/c1-4-11-6(5-8-2)9-10-7(11)12-3/h8H,4-5H2,1-3H3. The maximum absolute atomic E-state index is 5.02. The van der Waals surface area contributed by atoms with Crippen molar-refractivity contribution in [3.8, 4) is 6.01 Å². The van der Waals surface area contributed by atoms with Crippen molar-refractivity contribution in [3.63, 3.8) is 0 Å². The van der Waals surface area contributed by atoms with Crippen LogP contribution in [0.3, 0.4) is 0 Å². The molecule has 0 unspecified atom stereocenters. The Kier molecular flexibility index (Phi) is 3.04. The zero-order chi connectivity index (χ0) is 8.97. The van der Waals surface area contributed by atoms with Crippen LogP contribution in [0, 0.1) is 0 Å². The van der Waals surface area contributed by atoms with Gasteiger partial charge in [-0.1, -0.05) is 5.10 Å². The van der Waals surface area contributed by atoms with E-state index in [1.165, 1.54) is 0 Å². The molecule has 1 aromatic rings. The number of rotatable bonds is 4. The minimum atomic E-state index is 0.572. The van der Waals surface area contributed by atoms with E-state index in [0.717, 1.165) is 12.4 Å². The molecule has 12 heavy (non-hydrogen) atoms. The molecule has 1 N–H and O–H groups in total. The Bertz CT molecular complexity index is 246. The SMILES string of the molecule is CCn1c(CNC)nnc1OC. The lowest BCUT2D eigenvalue weighted by atomic mass is 10.5. The van der Waals surface area contributed by atoms with Crippen molar-refractivity contribution in [3.05, 3.63) is 5.82 Å². The van der Waals surface area contributed by atoms with Gasteiger partial charge in [0.1, 0.15) is 5.82 Å². The molecule has 0 aliphatic rings. The third-order valence-electron chi connectivity index (χ3n) is 1.63. The van der Waals surface area contributed by atoms with Crippen LogP contribution in [-0.2, 0) is 13.1 Å². The maximum atomic E-state index is 5.02. The predicted molar refractivity (Wildman–Crippen MR) is 45.0 cm³/mol. The van der Waals surface area contributed by atoms with Crippen LogP contribution >= 0.6 is 0 Å². The Morgan fingerprint density at radius 3 is 2.75 bits per heavy atom. The lowest BCUT2D eigenvalue weighted by molar-refractivity contribution is 0.356. The van der Waals surface area contributed by atoms with Gasteiger partial charge >= 0.3 is 6.01 Å². The van der Waals surface area contributed by atoms with Crippen molar-refractivity contribution >= 4 is 0 Å². The van der Waals surface area contributed by atoms with E-state index in [-0.39, 0.29) is 0 Å². The lowest BCUT2D eigenvalue weighted by Crippen LogP contribution is -2.12. The van der Waals surface area contributed by atoms with Crippen molar-refractivity contribution < 1.29 is 4.74 Å². The molecule has 5 nitrogen and oxygen atoms in total. The molecule has 1 rings (SSSR count). The lowest BCUT2D eigenvalue weighted by Gasteiger charge is -2.04. The van der Waals surface area contributed by atoms with Gasteiger partial charge in [-0.25, -0.2) is 0 Å². The van der Waals surface area contributed by atoms with Crippen LogP contribution in [-0.4, -0.2) is 28.9 Å². The predicted octanol–water partition coefficient (Wildman–Crippen LogP) is 0.0260. The van der Waals surface area contributed by atoms with Crippen molar-refractivity contribution in [1.82, 2.24) is 20.1 Å². The number of hydrogen-bond acceptors (Lipinski definition) is 4. The van der Waals surface area contributed by atoms with E-state index >= 15 is 0 Å². The Balaban J connectivity index is 2.88. The summed E-state index contributed by atoms with van der Waals surface area (Å²) >= 11 is 0. The fraction of sp³-hybridized carbons (Fsp3) is 0.714. The summed E-state index contributed by atoms with van der Waals surface area (Å²) in [6.07, 6.45) is 0. The molecule has 1 aromatic heterocycles. The minimum Gasteiger partial charge on any atom is -0.467 e. The first kappa shape index (κ1) is 8.99. The molecule has 0 aromatic carbocycles. The molecule has 5 heteroatoms. The molecule has 0 aliphatic carbocycles. The van der Waals surface area contributed by atoms with Crippen molar-refractivity contribution in [2.24, 2.45) is 0 Å². The first-order valence-corrected chi connectivity index (χ1v) is 3.94. The second-order valence-corrected chi connectivity index (χ2v) is 2.38. The van der Waals surface area contributed by atoms with Crippen molar-refractivity contribution in [1.29, 1.82) is 0 Å². The zero-order valence-electron chi connectivity index (χ0n) is 7.66. The van der Waals surface area contributed by atoms with Crippen molar-refractivity contribution in [2.45, 2.75) is 20.0 Å². The van der Waals surface area contributed by atoms with E-state index in [1.807, 2.05) is 18.5 Å². The smallest absolute Gasteiger partial charge is 0.316 e. The number of nitrogens with zero attached hydrogens (tertiary/aromatic N) is 3. The van der Waals surface area contributed by atoms with Gasteiger partial charge < -0.3 is 10.1 Å². The number of hydrogen-bond donors (Lipinski definition) is 1. The Morgan fingerprint density at radius 1 is 1.50 bits per heavy atom. The van der Waals surface area contributed by atoms with E-state index in [2.05, 4.69) is 15.5 Å². The highest BCUT2D eigenvalue weighted by Gasteiger charge is 2.08. The molecular formula is C7H14N4O. The molecule has 0 spiro atoms. The first-order chi connectivity index (χ1) is 5.83. The summed E-state index contributed by atoms with van der Waals surface area (Å²) in [4.78, 5) is 0. The topological polar surface area (TPSA) is 52.0 Å². The van der Waals surface area contributed by atoms with Crippen LogP contribution in [0.15, 0.2) is 0 Å². The van der Waals surface area contributed by atoms with Gasteiger partial charge in [0.15, 0.2) is 0 Å². The Hall–Kier alpha value is -1.10. The second-order valence-electron chi connectivity index (χ2n) is 2.38. The van der Waals surface area contributed by atoms with E-state index < -0.39 is 0 Å². The first-order valence-electron chi connectivity index (χ1n) is 3.94. The number of aromatic nitrogens is 3. The summed E-state index contributed by atoms with van der Waals surface area (Å²) in [6, 6.07) is 0.572. The second kappa shape index (κ2) is 4.06. The van der Waals surface area contributed by atoms with Gasteiger partial charge in [-0.15, -0.1) is 5.10 Å². The highest BCUT2D eigenvalue weighted by atomic mass is 16.5. The van der Waals surface area contributed by atoms with E-state index in [9.17, 15) is 0 Å². The Labute approximate surface area is 71.7 Å². The van der Waals surface area contributed by atoms with Crippen LogP contribution in [0.2, 0.25) is 0 Å². The average molecular weight is 170 g/mol. The average Bonchev–Trinajstić information content (AvgIpc) is 2.47. The molecule has 0 radical (unpaired) electrons. The number of ether oxygens (including phenoxy) is 1. The maximum Gasteiger partial charge on any atom is 0.316 e. The molecule has 68 valence electrons. The van der Waals surface area contributed by atoms with E-state index in [0.29, 0.717) is 12.6 Å². The van der Waals surface area contributed by atoms with Gasteiger partial charge in [0.2, 0.25) is 0 Å². The third-order valence-corrected chi connectivity index (χ3v) is 1.63. The third kappa shape index (κ3) is 1.55. The summed E-state index contributed by atoms with van der Waals surface area (Å²) in [7, 11) is 3.47. The van der Waals surface area contributed by atoms with Gasteiger partial charge in [-0.3, -0.25) is 4.57 Å². The molecule has 0 saturated heterocycles. The molecule has 0 fully saturated rings. The summed E-state index contributed by atoms with van der Waals surface area (Å²) in [5.74, 6) is 0.900. The normalized spacial score (nSPS) is 10.2. The van der Waals surface area contributed by atoms with Gasteiger partial charge in [0.05, 0.1) is 13.7 Å². The molecule has 0 atom stereocenters. The van der Waals surface area contributed by atoms with Crippen LogP contribution in [0.4, 0.5) is 0 Å². The number of methoxy groups -OCH3 is 1. The highest BCUT2D eigenvalue weighted by Crippen LogP contribution is 2.08. The monoisotopic (exact) mass is 170 g/mol. The van der Waals surface area contributed by atoms with Crippen molar-refractivity contribution in [2.75, 3.05) is 14.2 Å². The van der Waals surface area contributed by atoms with Crippen LogP contribution in [0.5, 0.6) is 6.01 Å². The van der Waals surface area contributed by atoms with Crippen LogP contribution < -0.4 is 10.1 Å². The summed E-state index contributed by atoms with van der Waals surface area (Å²) in [5.41, 5.74) is 0. The minimum absolute atomic E-state index is 0.572. The molecule has 0 aliphatic heterocycles. The summed E-state index contributed by atoms with van der Waals surface area (Å²) < 4.78 is 6.95. The van der Waals surface area contributed by atoms with E-state index in [4.69, 9.17) is 4.74 Å². The molecule has 0 saturated carbocycles. The molecule has 1 heterocycles. The quantitative estimate of drug-likeness (QED) is 0.692. The van der Waals surface area contributed by atoms with Gasteiger partial charge in [0, 0.05) is 6.54 Å². The Morgan fingerprint density at radius 2 is 2.25 bits per heavy atom. The van der Waals surface area contributed by atoms with Gasteiger partial charge in [-0.2, -0.15) is 0 Å². The zero-order valence-corrected chi connectivity index (χ0v) is 7.66. The number of nitrogens with one attached hydrogen (secondary N) is 1. The summed E-state index contributed by atoms with van der Waals surface area (Å²) in [6.45, 7) is 3.57. The van der Waals surface area contributed by atoms with Crippen LogP contribution in [0.1, 0.15) is 12.7 Å². The highest BCUT2D eigenvalue weighted by molar-refractivity contribution is 5.00. The van der Waals surface area contributed by atoms with E-state index in [1.54, 1.807) is 7.11 Å². The van der Waals surface area contributed by atoms with Gasteiger partial charge in [0.25, 0.3) is 0 Å². The fourth-order valence-corrected chi connectivity index (χ4v) is 1.08. The molecule has 0 amide bonds. The largest absolute Gasteiger partial charge is 0.467 e. The fourth-order valence-electron chi connectivity index (χ4n) is 1.08. The summed E-state index contributed by atoms with van der Waals surface area (Å²) in [5, 5.41) is 10.9. The molecular weight excluding hydrogens is 156 g/mol. The molecule has 0 bridgehead atoms. The van der Waals surface area contributed by atoms with Gasteiger partial charge in [-0.05, 0) is 14.0 Å².